The van der Waals surface area contributed by atoms with Crippen LogP contribution in [0, 0.1) is 20.8 Å². The molecular formula is C33H30N4Zn. The zero-order chi connectivity index (χ0) is 25.9. The summed E-state index contributed by atoms with van der Waals surface area (Å²) in [5, 5.41) is 0. The van der Waals surface area contributed by atoms with Gasteiger partial charge in [0.15, 0.2) is 0 Å². The molecule has 0 amide bonds. The van der Waals surface area contributed by atoms with Crippen molar-refractivity contribution in [1.29, 1.82) is 0 Å². The monoisotopic (exact) mass is 546 g/mol. The Kier molecular flexibility index (Phi) is 6.61. The zero-order valence-electron chi connectivity index (χ0n) is 22.8. The van der Waals surface area contributed by atoms with Crippen LogP contribution in [0.15, 0.2) is 55.1 Å². The van der Waals surface area contributed by atoms with Crippen LogP contribution in [0.1, 0.15) is 58.9 Å². The molecule has 8 bridgehead atoms. The number of hydrogen-bond acceptors (Lipinski definition) is 2. The summed E-state index contributed by atoms with van der Waals surface area (Å²) in [6, 6.07) is 17.0. The Hall–Kier alpha value is -3.56. The molecule has 5 heteroatoms. The Balaban J connectivity index is 0.00000294. The molecule has 0 unspecified atom stereocenters. The molecule has 0 aliphatic carbocycles. The molecular weight excluding hydrogens is 518 g/mol. The van der Waals surface area contributed by atoms with Gasteiger partial charge in [0.2, 0.25) is 0 Å². The second-order valence-corrected chi connectivity index (χ2v) is 10.9. The van der Waals surface area contributed by atoms with Crippen LogP contribution in [0.4, 0.5) is 0 Å². The van der Waals surface area contributed by atoms with Crippen molar-refractivity contribution in [2.24, 2.45) is 0 Å². The fraction of sp³-hybridized carbons (Fsp3) is 0.212. The van der Waals surface area contributed by atoms with Gasteiger partial charge in [-0.3, -0.25) is 4.98 Å². The third kappa shape index (κ3) is 4.61. The van der Waals surface area contributed by atoms with Crippen LogP contribution in [0.2, 0.25) is 0 Å². The van der Waals surface area contributed by atoms with Crippen molar-refractivity contribution in [3.63, 3.8) is 0 Å². The van der Waals surface area contributed by atoms with Crippen molar-refractivity contribution >= 4 is 40.3 Å². The molecule has 4 nitrogen and oxygen atoms in total. The molecule has 2 aliphatic rings. The van der Waals surface area contributed by atoms with E-state index in [1.807, 2.05) is 12.1 Å². The second kappa shape index (κ2) is 9.64. The number of fused-ring (bicyclic) bond motifs is 8. The first-order valence-corrected chi connectivity index (χ1v) is 12.7. The molecule has 184 valence electrons. The summed E-state index contributed by atoms with van der Waals surface area (Å²) in [6.45, 7) is 15.0. The van der Waals surface area contributed by atoms with E-state index in [1.165, 1.54) is 22.3 Å². The molecule has 0 atom stereocenters. The van der Waals surface area contributed by atoms with Crippen molar-refractivity contribution in [3.05, 3.63) is 100 Å². The number of aromatic nitrogens is 4. The number of aryl methyl sites for hydroxylation is 3. The average Bonchev–Trinajstić information content (AvgIpc) is 3.59. The molecule has 4 aromatic rings. The predicted molar refractivity (Wildman–Crippen MR) is 154 cm³/mol. The first-order chi connectivity index (χ1) is 17.7. The van der Waals surface area contributed by atoms with E-state index in [1.54, 1.807) is 0 Å². The molecule has 0 spiro atoms. The maximum atomic E-state index is 5.07. The maximum absolute atomic E-state index is 5.07. The molecule has 0 N–H and O–H groups in total. The minimum absolute atomic E-state index is 0. The van der Waals surface area contributed by atoms with Crippen LogP contribution in [0.25, 0.3) is 51.4 Å². The van der Waals surface area contributed by atoms with Gasteiger partial charge >= 0.3 is 19.5 Å². The minimum atomic E-state index is -0.0818. The number of nitrogens with zero attached hydrogens (tertiary/aromatic N) is 4. The van der Waals surface area contributed by atoms with Crippen LogP contribution in [-0.4, -0.2) is 9.97 Å². The summed E-state index contributed by atoms with van der Waals surface area (Å²) in [5.74, 6) is 0. The van der Waals surface area contributed by atoms with Crippen molar-refractivity contribution in [1.82, 2.24) is 19.9 Å². The van der Waals surface area contributed by atoms with Gasteiger partial charge in [-0.1, -0.05) is 80.6 Å². The number of rotatable bonds is 2. The summed E-state index contributed by atoms with van der Waals surface area (Å²) >= 11 is 0. The van der Waals surface area contributed by atoms with E-state index in [0.29, 0.717) is 0 Å². The van der Waals surface area contributed by atoms with Crippen LogP contribution in [-0.2, 0) is 31.3 Å². The van der Waals surface area contributed by atoms with Crippen LogP contribution < -0.4 is 9.97 Å². The summed E-state index contributed by atoms with van der Waals surface area (Å²) < 4.78 is 0. The predicted octanol–water partition coefficient (Wildman–Crippen LogP) is 7.50. The van der Waals surface area contributed by atoms with Gasteiger partial charge in [-0.15, -0.1) is 22.1 Å². The fourth-order valence-electron chi connectivity index (χ4n) is 5.63. The first-order valence-electron chi connectivity index (χ1n) is 12.7. The Morgan fingerprint density at radius 3 is 2.29 bits per heavy atom. The first kappa shape index (κ1) is 26.1. The van der Waals surface area contributed by atoms with E-state index < -0.39 is 0 Å². The van der Waals surface area contributed by atoms with Crippen molar-refractivity contribution in [2.45, 2.75) is 46.5 Å². The molecule has 0 saturated carbocycles. The Morgan fingerprint density at radius 2 is 1.55 bits per heavy atom. The van der Waals surface area contributed by atoms with E-state index in [4.69, 9.17) is 19.9 Å². The van der Waals surface area contributed by atoms with Gasteiger partial charge in [0.05, 0.1) is 11.4 Å². The molecule has 6 rings (SSSR count). The SMILES string of the molecule is C=Cc1cc2cc3nc(cc4ccc([n-]4)c(-c4c(C)cc(C)cc4C)c4nc(cc1[n-]2)C=C4)CC3(C)C.[Zn+2]. The average molecular weight is 548 g/mol. The van der Waals surface area contributed by atoms with E-state index in [0.717, 1.165) is 62.4 Å². The van der Waals surface area contributed by atoms with Crippen molar-refractivity contribution in [2.75, 3.05) is 0 Å². The molecule has 1 aromatic carbocycles. The van der Waals surface area contributed by atoms with Crippen molar-refractivity contribution in [3.8, 4) is 11.1 Å². The molecule has 2 aliphatic heterocycles. The summed E-state index contributed by atoms with van der Waals surface area (Å²) in [6.07, 6.45) is 6.85. The van der Waals surface area contributed by atoms with E-state index in [-0.39, 0.29) is 24.9 Å². The quantitative estimate of drug-likeness (QED) is 0.215. The number of benzene rings is 1. The van der Waals surface area contributed by atoms with Crippen LogP contribution >= 0.6 is 0 Å². The van der Waals surface area contributed by atoms with Gasteiger partial charge in [-0.25, -0.2) is 4.98 Å². The normalized spacial score (nSPS) is 13.8. The van der Waals surface area contributed by atoms with Gasteiger partial charge < -0.3 is 9.97 Å². The van der Waals surface area contributed by atoms with Gasteiger partial charge in [0.25, 0.3) is 0 Å². The van der Waals surface area contributed by atoms with E-state index >= 15 is 0 Å². The smallest absolute Gasteiger partial charge is 0.657 e. The standard InChI is InChI=1S/C33H30N4.Zn/c1-7-22-14-25-17-30-33(5,6)18-26(37-30)15-23-8-10-27(34-23)32(31-20(3)12-19(2)13-21(31)4)28-11-9-24(35-28)16-29(22)36-25;/h7-17H,1,18H2,2-6H3;/q-2;+2. The fourth-order valence-corrected chi connectivity index (χ4v) is 5.63. The Morgan fingerprint density at radius 1 is 0.816 bits per heavy atom. The molecule has 3 aromatic heterocycles. The molecule has 0 fully saturated rings. The van der Waals surface area contributed by atoms with E-state index in [2.05, 4.69) is 95.8 Å². The third-order valence-corrected chi connectivity index (χ3v) is 7.30. The van der Waals surface area contributed by atoms with Gasteiger partial charge in [-0.2, -0.15) is 0 Å². The van der Waals surface area contributed by atoms with Gasteiger partial charge in [-0.05, 0) is 60.7 Å². The molecule has 0 radical (unpaired) electrons. The van der Waals surface area contributed by atoms with Crippen molar-refractivity contribution < 1.29 is 19.5 Å². The van der Waals surface area contributed by atoms with Crippen LogP contribution in [0.3, 0.4) is 0 Å². The second-order valence-electron chi connectivity index (χ2n) is 10.9. The van der Waals surface area contributed by atoms with Crippen LogP contribution in [0.5, 0.6) is 0 Å². The Labute approximate surface area is 236 Å². The summed E-state index contributed by atoms with van der Waals surface area (Å²) in [5.41, 5.74) is 14.3. The van der Waals surface area contributed by atoms with E-state index in [9.17, 15) is 0 Å². The maximum Gasteiger partial charge on any atom is 2.00 e. The number of hydrogen-bond donors (Lipinski definition) is 0. The zero-order valence-corrected chi connectivity index (χ0v) is 25.7. The Bertz CT molecular complexity index is 1760. The molecule has 38 heavy (non-hydrogen) atoms. The van der Waals surface area contributed by atoms with Gasteiger partial charge in [0, 0.05) is 23.2 Å². The summed E-state index contributed by atoms with van der Waals surface area (Å²) in [4.78, 5) is 20.0. The molecule has 0 saturated heterocycles. The van der Waals surface area contributed by atoms with Gasteiger partial charge in [0.1, 0.15) is 0 Å². The minimum Gasteiger partial charge on any atom is -0.657 e. The molecule has 5 heterocycles. The third-order valence-electron chi connectivity index (χ3n) is 7.30. The largest absolute Gasteiger partial charge is 2.00 e. The topological polar surface area (TPSA) is 54.0 Å². The summed E-state index contributed by atoms with van der Waals surface area (Å²) in [7, 11) is 0.